The summed E-state index contributed by atoms with van der Waals surface area (Å²) in [5, 5.41) is 0. The Morgan fingerprint density at radius 2 is 1.60 bits per heavy atom. The van der Waals surface area contributed by atoms with Gasteiger partial charge >= 0.3 is 12.1 Å². The highest BCUT2D eigenvalue weighted by Gasteiger charge is 2.24. The zero-order valence-corrected chi connectivity index (χ0v) is 14.4. The molecule has 1 fully saturated rings. The van der Waals surface area contributed by atoms with Gasteiger partial charge in [-0.2, -0.15) is 0 Å². The number of carbonyl (C=O) groups is 3. The van der Waals surface area contributed by atoms with Gasteiger partial charge < -0.3 is 24.0 Å². The zero-order chi connectivity index (χ0) is 18.2. The van der Waals surface area contributed by atoms with Crippen LogP contribution >= 0.6 is 0 Å². The molecule has 0 aromatic heterocycles. The molecule has 25 heavy (non-hydrogen) atoms. The maximum absolute atomic E-state index is 12.2. The maximum atomic E-state index is 12.2. The van der Waals surface area contributed by atoms with Gasteiger partial charge in [-0.1, -0.05) is 0 Å². The maximum Gasteiger partial charge on any atom is 0.409 e. The van der Waals surface area contributed by atoms with E-state index in [0.717, 1.165) is 0 Å². The molecule has 0 saturated carbocycles. The summed E-state index contributed by atoms with van der Waals surface area (Å²) in [5.41, 5.74) is 0.413. The normalized spacial score (nSPS) is 14.0. The summed E-state index contributed by atoms with van der Waals surface area (Å²) in [6, 6.07) is 6.37. The van der Waals surface area contributed by atoms with E-state index in [1.165, 1.54) is 7.11 Å². The number of amides is 2. The highest BCUT2D eigenvalue weighted by Crippen LogP contribution is 2.13. The Morgan fingerprint density at radius 1 is 1.00 bits per heavy atom. The molecular weight excluding hydrogens is 328 g/mol. The second kappa shape index (κ2) is 8.91. The number of hydrogen-bond acceptors (Lipinski definition) is 6. The lowest BCUT2D eigenvalue weighted by Crippen LogP contribution is -2.51. The molecule has 1 aliphatic heterocycles. The van der Waals surface area contributed by atoms with Crippen LogP contribution in [0.3, 0.4) is 0 Å². The lowest BCUT2D eigenvalue weighted by atomic mass is 10.2. The predicted octanol–water partition coefficient (Wildman–Crippen LogP) is 1.15. The lowest BCUT2D eigenvalue weighted by Gasteiger charge is -2.33. The van der Waals surface area contributed by atoms with E-state index in [4.69, 9.17) is 9.47 Å². The first-order chi connectivity index (χ1) is 12.0. The Morgan fingerprint density at radius 3 is 2.16 bits per heavy atom. The summed E-state index contributed by atoms with van der Waals surface area (Å²) in [6.07, 6.45) is -0.350. The molecule has 0 bridgehead atoms. The van der Waals surface area contributed by atoms with Gasteiger partial charge in [-0.15, -0.1) is 0 Å². The minimum Gasteiger partial charge on any atom is -0.484 e. The van der Waals surface area contributed by atoms with Gasteiger partial charge in [0.15, 0.2) is 6.61 Å². The van der Waals surface area contributed by atoms with E-state index in [9.17, 15) is 14.4 Å². The molecule has 8 heteroatoms. The molecule has 1 heterocycles. The molecule has 2 amide bonds. The third-order valence-corrected chi connectivity index (χ3v) is 3.80. The largest absolute Gasteiger partial charge is 0.484 e. The molecule has 8 nitrogen and oxygen atoms in total. The predicted molar refractivity (Wildman–Crippen MR) is 88.5 cm³/mol. The average Bonchev–Trinajstić information content (AvgIpc) is 2.66. The zero-order valence-electron chi connectivity index (χ0n) is 14.4. The van der Waals surface area contributed by atoms with Gasteiger partial charge in [0.1, 0.15) is 5.75 Å². The van der Waals surface area contributed by atoms with E-state index in [2.05, 4.69) is 4.74 Å². The third-order valence-electron chi connectivity index (χ3n) is 3.80. The van der Waals surface area contributed by atoms with Crippen molar-refractivity contribution >= 4 is 18.0 Å². The topological polar surface area (TPSA) is 85.4 Å². The van der Waals surface area contributed by atoms with Crippen LogP contribution in [-0.4, -0.2) is 74.3 Å². The molecule has 0 radical (unpaired) electrons. The first-order valence-electron chi connectivity index (χ1n) is 8.05. The fourth-order valence-corrected chi connectivity index (χ4v) is 2.39. The molecule has 1 aromatic carbocycles. The summed E-state index contributed by atoms with van der Waals surface area (Å²) in [4.78, 5) is 38.4. The van der Waals surface area contributed by atoms with Crippen LogP contribution in [0.25, 0.3) is 0 Å². The number of methoxy groups -OCH3 is 1. The molecule has 0 unspecified atom stereocenters. The van der Waals surface area contributed by atoms with E-state index in [1.807, 2.05) is 0 Å². The van der Waals surface area contributed by atoms with Crippen LogP contribution in [0.5, 0.6) is 5.75 Å². The van der Waals surface area contributed by atoms with Crippen LogP contribution in [0, 0.1) is 0 Å². The summed E-state index contributed by atoms with van der Waals surface area (Å²) in [5.74, 6) is -0.0891. The van der Waals surface area contributed by atoms with Gasteiger partial charge in [0.2, 0.25) is 0 Å². The Hall–Kier alpha value is -2.77. The summed E-state index contributed by atoms with van der Waals surface area (Å²) < 4.78 is 15.0. The number of ether oxygens (including phenoxy) is 3. The molecule has 1 saturated heterocycles. The van der Waals surface area contributed by atoms with Crippen LogP contribution in [0.2, 0.25) is 0 Å². The number of benzene rings is 1. The van der Waals surface area contributed by atoms with Crippen LogP contribution in [-0.2, 0) is 14.3 Å². The van der Waals surface area contributed by atoms with Gasteiger partial charge in [0.05, 0.1) is 19.3 Å². The molecular formula is C17H22N2O6. The quantitative estimate of drug-likeness (QED) is 0.741. The number of hydrogen-bond donors (Lipinski definition) is 0. The van der Waals surface area contributed by atoms with Crippen LogP contribution in [0.4, 0.5) is 4.79 Å². The van der Waals surface area contributed by atoms with Gasteiger partial charge in [-0.05, 0) is 31.2 Å². The van der Waals surface area contributed by atoms with Crippen molar-refractivity contribution in [2.75, 3.05) is 46.5 Å². The summed E-state index contributed by atoms with van der Waals surface area (Å²) >= 11 is 0. The second-order valence-electron chi connectivity index (χ2n) is 5.37. The van der Waals surface area contributed by atoms with Crippen LogP contribution < -0.4 is 4.74 Å². The minimum absolute atomic E-state index is 0.100. The smallest absolute Gasteiger partial charge is 0.409 e. The first kappa shape index (κ1) is 18.6. The standard InChI is InChI=1S/C17H22N2O6/c1-3-24-17(22)19-10-8-18(9-11-19)15(20)12-25-14-6-4-13(5-7-14)16(21)23-2/h4-7H,3,8-12H2,1-2H3. The van der Waals surface area contributed by atoms with Crippen molar-refractivity contribution < 1.29 is 28.6 Å². The van der Waals surface area contributed by atoms with Gasteiger partial charge in [-0.25, -0.2) is 9.59 Å². The van der Waals surface area contributed by atoms with Crippen molar-refractivity contribution in [3.05, 3.63) is 29.8 Å². The monoisotopic (exact) mass is 350 g/mol. The molecule has 1 aliphatic rings. The molecule has 0 N–H and O–H groups in total. The van der Waals surface area contributed by atoms with Gasteiger partial charge in [-0.3, -0.25) is 4.79 Å². The van der Waals surface area contributed by atoms with Crippen LogP contribution in [0.15, 0.2) is 24.3 Å². The van der Waals surface area contributed by atoms with Gasteiger partial charge in [0.25, 0.3) is 5.91 Å². The minimum atomic E-state index is -0.429. The number of carbonyl (C=O) groups excluding carboxylic acids is 3. The van der Waals surface area contributed by atoms with Crippen molar-refractivity contribution in [3.8, 4) is 5.75 Å². The Labute approximate surface area is 146 Å². The number of esters is 1. The fourth-order valence-electron chi connectivity index (χ4n) is 2.39. The molecule has 0 spiro atoms. The Bertz CT molecular complexity index is 608. The highest BCUT2D eigenvalue weighted by molar-refractivity contribution is 5.89. The molecule has 2 rings (SSSR count). The van der Waals surface area contributed by atoms with E-state index in [1.54, 1.807) is 41.0 Å². The van der Waals surface area contributed by atoms with E-state index in [0.29, 0.717) is 44.1 Å². The summed E-state index contributed by atoms with van der Waals surface area (Å²) in [7, 11) is 1.31. The Kier molecular flexibility index (Phi) is 6.62. The first-order valence-corrected chi connectivity index (χ1v) is 8.05. The van der Waals surface area contributed by atoms with E-state index >= 15 is 0 Å². The third kappa shape index (κ3) is 5.10. The Balaban J connectivity index is 1.77. The lowest BCUT2D eigenvalue weighted by molar-refractivity contribution is -0.134. The molecule has 0 atom stereocenters. The average molecular weight is 350 g/mol. The SMILES string of the molecule is CCOC(=O)N1CCN(C(=O)COc2ccc(C(=O)OC)cc2)CC1. The van der Waals surface area contributed by atoms with Crippen molar-refractivity contribution in [1.29, 1.82) is 0 Å². The van der Waals surface area contributed by atoms with Crippen molar-refractivity contribution in [2.45, 2.75) is 6.92 Å². The highest BCUT2D eigenvalue weighted by atomic mass is 16.6. The molecule has 1 aromatic rings. The van der Waals surface area contributed by atoms with E-state index in [-0.39, 0.29) is 18.6 Å². The fraction of sp³-hybridized carbons (Fsp3) is 0.471. The molecule has 0 aliphatic carbocycles. The van der Waals surface area contributed by atoms with Crippen LogP contribution in [0.1, 0.15) is 17.3 Å². The molecule has 136 valence electrons. The number of rotatable bonds is 5. The van der Waals surface area contributed by atoms with Gasteiger partial charge in [0, 0.05) is 26.2 Å². The second-order valence-corrected chi connectivity index (χ2v) is 5.37. The summed E-state index contributed by atoms with van der Waals surface area (Å²) in [6.45, 7) is 3.77. The van der Waals surface area contributed by atoms with E-state index < -0.39 is 5.97 Å². The van der Waals surface area contributed by atoms with Crippen molar-refractivity contribution in [3.63, 3.8) is 0 Å². The number of nitrogens with zero attached hydrogens (tertiary/aromatic N) is 2. The number of piperazine rings is 1. The van der Waals surface area contributed by atoms with Crippen molar-refractivity contribution in [2.24, 2.45) is 0 Å². The van der Waals surface area contributed by atoms with Crippen molar-refractivity contribution in [1.82, 2.24) is 9.80 Å².